The Bertz CT molecular complexity index is 351. The molecule has 0 spiro atoms. The number of nitrogens with zero attached hydrogens (tertiary/aromatic N) is 2. The number of carbonyl (C=O) groups is 3. The lowest BCUT2D eigenvalue weighted by Gasteiger charge is -2.22. The molecule has 0 saturated heterocycles. The molecule has 10 heteroatoms. The second-order valence-electron chi connectivity index (χ2n) is 4.33. The Balaban J connectivity index is 3.88. The molecule has 1 atom stereocenters. The molecule has 0 heterocycles. The van der Waals surface area contributed by atoms with Gasteiger partial charge in [-0.25, -0.2) is 31.1 Å². The number of hydrazine groups is 2. The molecule has 20 heavy (non-hydrogen) atoms. The normalized spacial score (nSPS) is 11.7. The first-order valence-electron chi connectivity index (χ1n) is 6.15. The van der Waals surface area contributed by atoms with Crippen LogP contribution in [0.25, 0.3) is 0 Å². The summed E-state index contributed by atoms with van der Waals surface area (Å²) in [6, 6.07) is -2.82. The zero-order chi connectivity index (χ0) is 15.7. The summed E-state index contributed by atoms with van der Waals surface area (Å²) in [5, 5.41) is 10.3. The van der Waals surface area contributed by atoms with Crippen molar-refractivity contribution in [2.45, 2.75) is 38.1 Å². The highest BCUT2D eigenvalue weighted by atomic mass is 16.4. The quantitative estimate of drug-likeness (QED) is 0.155. The van der Waals surface area contributed by atoms with E-state index in [4.69, 9.17) is 28.3 Å². The molecule has 0 aliphatic heterocycles. The van der Waals surface area contributed by atoms with Gasteiger partial charge in [0.1, 0.15) is 6.04 Å². The van der Waals surface area contributed by atoms with Gasteiger partial charge in [-0.05, 0) is 12.8 Å². The topological polar surface area (TPSA) is 182 Å². The number of carboxylic acid groups (broad SMARTS) is 1. The Morgan fingerprint density at radius 3 is 1.95 bits per heavy atom. The Kier molecular flexibility index (Phi) is 8.01. The van der Waals surface area contributed by atoms with Gasteiger partial charge in [-0.3, -0.25) is 5.01 Å². The number of aliphatic carboxylic acids is 1. The summed E-state index contributed by atoms with van der Waals surface area (Å²) in [4.78, 5) is 32.4. The standard InChI is InChI=1S/C10H22N6O4/c11-9(19)15(13)6-4-2-1-3-5-7(8(17)18)16(14)10(12)20/h7H,1-6,13-14H2,(H2,11,19)(H2,12,20)(H,17,18)/t7-/m0/s1. The number of carbonyl (C=O) groups excluding carboxylic acids is 2. The van der Waals surface area contributed by atoms with Crippen molar-refractivity contribution in [1.29, 1.82) is 0 Å². The maximum Gasteiger partial charge on any atom is 0.329 e. The van der Waals surface area contributed by atoms with E-state index in [2.05, 4.69) is 0 Å². The largest absolute Gasteiger partial charge is 0.480 e. The van der Waals surface area contributed by atoms with Crippen LogP contribution in [-0.2, 0) is 4.79 Å². The lowest BCUT2D eigenvalue weighted by molar-refractivity contribution is -0.142. The van der Waals surface area contributed by atoms with E-state index in [-0.39, 0.29) is 6.42 Å². The van der Waals surface area contributed by atoms with Crippen molar-refractivity contribution in [1.82, 2.24) is 10.0 Å². The lowest BCUT2D eigenvalue weighted by atomic mass is 10.1. The van der Waals surface area contributed by atoms with E-state index in [0.29, 0.717) is 30.8 Å². The SMILES string of the molecule is NC(=O)N(N)CCCCCC[C@@H](C(=O)O)N(N)C(N)=O. The Labute approximate surface area is 116 Å². The Morgan fingerprint density at radius 2 is 1.50 bits per heavy atom. The third-order valence-electron chi connectivity index (χ3n) is 2.78. The molecule has 0 radical (unpaired) electrons. The molecule has 0 bridgehead atoms. The number of unbranched alkanes of at least 4 members (excludes halogenated alkanes) is 3. The fraction of sp³-hybridized carbons (Fsp3) is 0.700. The number of urea groups is 2. The van der Waals surface area contributed by atoms with Crippen molar-refractivity contribution in [3.63, 3.8) is 0 Å². The van der Waals surface area contributed by atoms with Crippen LogP contribution >= 0.6 is 0 Å². The lowest BCUT2D eigenvalue weighted by Crippen LogP contribution is -2.52. The molecule has 0 aliphatic rings. The van der Waals surface area contributed by atoms with Gasteiger partial charge in [0.15, 0.2) is 0 Å². The van der Waals surface area contributed by atoms with Crippen LogP contribution in [0.1, 0.15) is 32.1 Å². The van der Waals surface area contributed by atoms with Gasteiger partial charge in [-0.2, -0.15) is 0 Å². The van der Waals surface area contributed by atoms with Crippen LogP contribution in [0.2, 0.25) is 0 Å². The molecule has 4 amide bonds. The number of hydrogen-bond acceptors (Lipinski definition) is 5. The third kappa shape index (κ3) is 6.75. The average molecular weight is 290 g/mol. The number of amides is 4. The second-order valence-corrected chi connectivity index (χ2v) is 4.33. The maximum atomic E-state index is 10.9. The molecule has 0 fully saturated rings. The van der Waals surface area contributed by atoms with Crippen LogP contribution in [0, 0.1) is 0 Å². The molecule has 0 unspecified atom stereocenters. The van der Waals surface area contributed by atoms with Crippen molar-refractivity contribution in [3.8, 4) is 0 Å². The highest BCUT2D eigenvalue weighted by Gasteiger charge is 2.25. The number of rotatable bonds is 9. The van der Waals surface area contributed by atoms with E-state index in [1.165, 1.54) is 0 Å². The second kappa shape index (κ2) is 8.93. The highest BCUT2D eigenvalue weighted by molar-refractivity contribution is 5.81. The predicted octanol–water partition coefficient (Wildman–Crippen LogP) is -1.10. The smallest absolute Gasteiger partial charge is 0.329 e. The highest BCUT2D eigenvalue weighted by Crippen LogP contribution is 2.09. The van der Waals surface area contributed by atoms with Gasteiger partial charge in [-0.1, -0.05) is 19.3 Å². The van der Waals surface area contributed by atoms with Gasteiger partial charge in [0.05, 0.1) is 0 Å². The summed E-state index contributed by atoms with van der Waals surface area (Å²) in [7, 11) is 0. The minimum absolute atomic E-state index is 0.205. The van der Waals surface area contributed by atoms with E-state index >= 15 is 0 Å². The molecule has 0 aliphatic carbocycles. The first kappa shape index (κ1) is 17.9. The molecule has 9 N–H and O–H groups in total. The zero-order valence-electron chi connectivity index (χ0n) is 11.2. The number of hydrogen-bond donors (Lipinski definition) is 5. The van der Waals surface area contributed by atoms with Crippen LogP contribution < -0.4 is 23.2 Å². The number of nitrogens with two attached hydrogens (primary N) is 4. The van der Waals surface area contributed by atoms with Crippen LogP contribution in [0.5, 0.6) is 0 Å². The molecule has 116 valence electrons. The van der Waals surface area contributed by atoms with E-state index in [0.717, 1.165) is 11.4 Å². The minimum Gasteiger partial charge on any atom is -0.480 e. The predicted molar refractivity (Wildman–Crippen MR) is 70.6 cm³/mol. The van der Waals surface area contributed by atoms with Crippen LogP contribution in [0.15, 0.2) is 0 Å². The van der Waals surface area contributed by atoms with E-state index in [1.807, 2.05) is 0 Å². The first-order chi connectivity index (χ1) is 9.27. The Hall–Kier alpha value is -2.07. The molecule has 10 nitrogen and oxygen atoms in total. The van der Waals surface area contributed by atoms with Crippen molar-refractivity contribution in [3.05, 3.63) is 0 Å². The monoisotopic (exact) mass is 290 g/mol. The molecular formula is C10H22N6O4. The number of primary amides is 2. The zero-order valence-corrected chi connectivity index (χ0v) is 11.2. The van der Waals surface area contributed by atoms with Gasteiger partial charge < -0.3 is 16.6 Å². The molecule has 0 aromatic carbocycles. The summed E-state index contributed by atoms with van der Waals surface area (Å²) >= 11 is 0. The summed E-state index contributed by atoms with van der Waals surface area (Å²) < 4.78 is 0. The van der Waals surface area contributed by atoms with Crippen LogP contribution in [-0.4, -0.2) is 45.7 Å². The van der Waals surface area contributed by atoms with Crippen molar-refractivity contribution >= 4 is 18.0 Å². The van der Waals surface area contributed by atoms with Gasteiger partial charge in [0.2, 0.25) is 0 Å². The molecule has 0 aromatic heterocycles. The molecule has 0 saturated carbocycles. The summed E-state index contributed by atoms with van der Waals surface area (Å²) in [6.07, 6.45) is 2.87. The Morgan fingerprint density at radius 1 is 0.950 bits per heavy atom. The van der Waals surface area contributed by atoms with E-state index in [9.17, 15) is 14.4 Å². The van der Waals surface area contributed by atoms with Gasteiger partial charge in [-0.15, -0.1) is 0 Å². The molecule has 0 aromatic rings. The van der Waals surface area contributed by atoms with Gasteiger partial charge in [0, 0.05) is 6.54 Å². The van der Waals surface area contributed by atoms with Crippen molar-refractivity contribution in [2.75, 3.05) is 6.54 Å². The van der Waals surface area contributed by atoms with Crippen molar-refractivity contribution in [2.24, 2.45) is 23.2 Å². The first-order valence-corrected chi connectivity index (χ1v) is 6.15. The fourth-order valence-electron chi connectivity index (χ4n) is 1.62. The van der Waals surface area contributed by atoms with Crippen LogP contribution in [0.4, 0.5) is 9.59 Å². The fourth-order valence-corrected chi connectivity index (χ4v) is 1.62. The number of carboxylic acids is 1. The minimum atomic E-state index is -1.20. The van der Waals surface area contributed by atoms with Gasteiger partial charge in [0.25, 0.3) is 0 Å². The molecular weight excluding hydrogens is 268 g/mol. The third-order valence-corrected chi connectivity index (χ3v) is 2.78. The summed E-state index contributed by atoms with van der Waals surface area (Å²) in [5.74, 6) is 9.38. The van der Waals surface area contributed by atoms with E-state index < -0.39 is 24.1 Å². The molecule has 0 rings (SSSR count). The van der Waals surface area contributed by atoms with Crippen molar-refractivity contribution < 1.29 is 19.5 Å². The van der Waals surface area contributed by atoms with E-state index in [1.54, 1.807) is 0 Å². The van der Waals surface area contributed by atoms with Gasteiger partial charge >= 0.3 is 18.0 Å². The average Bonchev–Trinajstić information content (AvgIpc) is 2.35. The summed E-state index contributed by atoms with van der Waals surface area (Å²) in [6.45, 7) is 0.335. The van der Waals surface area contributed by atoms with Crippen LogP contribution in [0.3, 0.4) is 0 Å². The summed E-state index contributed by atoms with van der Waals surface area (Å²) in [5.41, 5.74) is 9.87. The maximum absolute atomic E-state index is 10.9.